The molecule has 106 valence electrons. The first-order valence-electron chi connectivity index (χ1n) is 6.59. The van der Waals surface area contributed by atoms with E-state index in [9.17, 15) is 0 Å². The van der Waals surface area contributed by atoms with Crippen LogP contribution in [-0.2, 0) is 0 Å². The molecule has 3 heteroatoms. The van der Waals surface area contributed by atoms with Gasteiger partial charge in [-0.1, -0.05) is 23.7 Å². The standard InChI is InChI=1S/C16H24ClNO/c1-12(7-6-10-18-16(2,3)4)13-8-9-14(17)15(11-13)19-5/h7-9,11,18H,6,10H2,1-5H3. The lowest BCUT2D eigenvalue weighted by atomic mass is 10.1. The molecule has 0 unspecified atom stereocenters. The topological polar surface area (TPSA) is 21.3 Å². The second-order valence-corrected chi connectivity index (χ2v) is 6.11. The minimum Gasteiger partial charge on any atom is -0.495 e. The van der Waals surface area contributed by atoms with Crippen molar-refractivity contribution in [3.05, 3.63) is 34.9 Å². The van der Waals surface area contributed by atoms with Crippen LogP contribution in [0.25, 0.3) is 5.57 Å². The molecule has 0 spiro atoms. The Labute approximate surface area is 121 Å². The molecule has 0 saturated carbocycles. The van der Waals surface area contributed by atoms with Gasteiger partial charge in [-0.3, -0.25) is 0 Å². The van der Waals surface area contributed by atoms with Crippen molar-refractivity contribution in [2.75, 3.05) is 13.7 Å². The Kier molecular flexibility index (Phi) is 5.89. The first-order valence-corrected chi connectivity index (χ1v) is 6.97. The van der Waals surface area contributed by atoms with E-state index in [2.05, 4.69) is 39.1 Å². The van der Waals surface area contributed by atoms with E-state index in [1.54, 1.807) is 7.11 Å². The van der Waals surface area contributed by atoms with E-state index in [1.165, 1.54) is 5.57 Å². The minimum atomic E-state index is 0.172. The van der Waals surface area contributed by atoms with Crippen LogP contribution in [-0.4, -0.2) is 19.2 Å². The molecule has 2 nitrogen and oxygen atoms in total. The van der Waals surface area contributed by atoms with Gasteiger partial charge in [-0.15, -0.1) is 0 Å². The van der Waals surface area contributed by atoms with Gasteiger partial charge in [0.15, 0.2) is 0 Å². The van der Waals surface area contributed by atoms with Gasteiger partial charge >= 0.3 is 0 Å². The third-order valence-corrected chi connectivity index (χ3v) is 3.17. The first-order chi connectivity index (χ1) is 8.83. The van der Waals surface area contributed by atoms with Gasteiger partial charge in [-0.25, -0.2) is 0 Å². The maximum absolute atomic E-state index is 6.02. The summed E-state index contributed by atoms with van der Waals surface area (Å²) in [5, 5.41) is 4.12. The van der Waals surface area contributed by atoms with Crippen LogP contribution in [0.15, 0.2) is 24.3 Å². The zero-order valence-electron chi connectivity index (χ0n) is 12.5. The quantitative estimate of drug-likeness (QED) is 0.801. The third kappa shape index (κ3) is 5.66. The van der Waals surface area contributed by atoms with Gasteiger partial charge in [0.05, 0.1) is 12.1 Å². The highest BCUT2D eigenvalue weighted by Gasteiger charge is 2.07. The van der Waals surface area contributed by atoms with Crippen molar-refractivity contribution in [2.24, 2.45) is 0 Å². The molecule has 0 aliphatic carbocycles. The number of rotatable bonds is 5. The SMILES string of the molecule is COc1cc(C(C)=CCCNC(C)(C)C)ccc1Cl. The van der Waals surface area contributed by atoms with Crippen LogP contribution in [0.5, 0.6) is 5.75 Å². The van der Waals surface area contributed by atoms with Gasteiger partial charge in [0.25, 0.3) is 0 Å². The van der Waals surface area contributed by atoms with Crippen molar-refractivity contribution >= 4 is 17.2 Å². The number of hydrogen-bond acceptors (Lipinski definition) is 2. The molecule has 1 rings (SSSR count). The summed E-state index contributed by atoms with van der Waals surface area (Å²) in [6.45, 7) is 9.61. The summed E-state index contributed by atoms with van der Waals surface area (Å²) in [6, 6.07) is 5.87. The second-order valence-electron chi connectivity index (χ2n) is 5.70. The molecule has 0 radical (unpaired) electrons. The lowest BCUT2D eigenvalue weighted by Crippen LogP contribution is -2.36. The molecular formula is C16H24ClNO. The monoisotopic (exact) mass is 281 g/mol. The van der Waals surface area contributed by atoms with Crippen LogP contribution >= 0.6 is 11.6 Å². The van der Waals surface area contributed by atoms with E-state index >= 15 is 0 Å². The normalized spacial score (nSPS) is 12.6. The average Bonchev–Trinajstić information content (AvgIpc) is 2.33. The highest BCUT2D eigenvalue weighted by molar-refractivity contribution is 6.32. The Morgan fingerprint density at radius 2 is 2.05 bits per heavy atom. The molecule has 0 aliphatic heterocycles. The number of hydrogen-bond donors (Lipinski definition) is 1. The summed E-state index contributed by atoms with van der Waals surface area (Å²) in [5.74, 6) is 0.722. The Bertz CT molecular complexity index is 447. The Morgan fingerprint density at radius 1 is 1.37 bits per heavy atom. The summed E-state index contributed by atoms with van der Waals surface area (Å²) in [7, 11) is 1.64. The highest BCUT2D eigenvalue weighted by Crippen LogP contribution is 2.28. The summed E-state index contributed by atoms with van der Waals surface area (Å²) in [5.41, 5.74) is 2.56. The Morgan fingerprint density at radius 3 is 2.63 bits per heavy atom. The Balaban J connectivity index is 2.64. The van der Waals surface area contributed by atoms with Gasteiger partial charge in [-0.05, 0) is 63.9 Å². The van der Waals surface area contributed by atoms with Gasteiger partial charge < -0.3 is 10.1 Å². The molecule has 0 aromatic heterocycles. The molecule has 1 aromatic carbocycles. The predicted octanol–water partition coefficient (Wildman–Crippen LogP) is 4.53. The molecule has 0 heterocycles. The molecular weight excluding hydrogens is 258 g/mol. The average molecular weight is 282 g/mol. The molecule has 19 heavy (non-hydrogen) atoms. The molecule has 0 aliphatic rings. The van der Waals surface area contributed by atoms with E-state index in [-0.39, 0.29) is 5.54 Å². The smallest absolute Gasteiger partial charge is 0.138 e. The summed E-state index contributed by atoms with van der Waals surface area (Å²) in [4.78, 5) is 0. The number of benzene rings is 1. The van der Waals surface area contributed by atoms with E-state index in [4.69, 9.17) is 16.3 Å². The molecule has 0 bridgehead atoms. The molecule has 0 atom stereocenters. The Hall–Kier alpha value is -0.990. The third-order valence-electron chi connectivity index (χ3n) is 2.86. The maximum Gasteiger partial charge on any atom is 0.138 e. The fourth-order valence-electron chi connectivity index (χ4n) is 1.76. The van der Waals surface area contributed by atoms with Crippen molar-refractivity contribution in [1.29, 1.82) is 0 Å². The van der Waals surface area contributed by atoms with Crippen LogP contribution in [0.4, 0.5) is 0 Å². The largest absolute Gasteiger partial charge is 0.495 e. The van der Waals surface area contributed by atoms with Crippen molar-refractivity contribution in [3.8, 4) is 5.75 Å². The van der Waals surface area contributed by atoms with E-state index in [1.807, 2.05) is 18.2 Å². The zero-order valence-corrected chi connectivity index (χ0v) is 13.3. The van der Waals surface area contributed by atoms with Crippen molar-refractivity contribution in [3.63, 3.8) is 0 Å². The van der Waals surface area contributed by atoms with Crippen LogP contribution in [0.3, 0.4) is 0 Å². The lowest BCUT2D eigenvalue weighted by molar-refractivity contribution is 0.415. The fraction of sp³-hybridized carbons (Fsp3) is 0.500. The van der Waals surface area contributed by atoms with Crippen LogP contribution in [0.2, 0.25) is 5.02 Å². The van der Waals surface area contributed by atoms with Crippen LogP contribution in [0.1, 0.15) is 39.7 Å². The van der Waals surface area contributed by atoms with E-state index in [0.717, 1.165) is 24.3 Å². The molecule has 0 saturated heterocycles. The van der Waals surface area contributed by atoms with Gasteiger partial charge in [0, 0.05) is 5.54 Å². The summed E-state index contributed by atoms with van der Waals surface area (Å²) >= 11 is 6.02. The zero-order chi connectivity index (χ0) is 14.5. The number of allylic oxidation sites excluding steroid dienone is 1. The van der Waals surface area contributed by atoms with Crippen molar-refractivity contribution in [2.45, 2.75) is 39.7 Å². The first kappa shape index (κ1) is 16.1. The fourth-order valence-corrected chi connectivity index (χ4v) is 1.95. The number of halogens is 1. The molecule has 0 fully saturated rings. The summed E-state index contributed by atoms with van der Waals surface area (Å²) < 4.78 is 5.23. The van der Waals surface area contributed by atoms with Crippen LogP contribution in [0, 0.1) is 0 Å². The molecule has 1 aromatic rings. The molecule has 0 amide bonds. The number of nitrogens with one attached hydrogen (secondary N) is 1. The predicted molar refractivity (Wildman–Crippen MR) is 84.0 cm³/mol. The second kappa shape index (κ2) is 6.97. The highest BCUT2D eigenvalue weighted by atomic mass is 35.5. The van der Waals surface area contributed by atoms with E-state index < -0.39 is 0 Å². The molecule has 1 N–H and O–H groups in total. The van der Waals surface area contributed by atoms with Crippen molar-refractivity contribution in [1.82, 2.24) is 5.32 Å². The summed E-state index contributed by atoms with van der Waals surface area (Å²) in [6.07, 6.45) is 3.25. The number of methoxy groups -OCH3 is 1. The maximum atomic E-state index is 6.02. The van der Waals surface area contributed by atoms with Gasteiger partial charge in [0.2, 0.25) is 0 Å². The number of ether oxygens (including phenoxy) is 1. The van der Waals surface area contributed by atoms with E-state index in [0.29, 0.717) is 5.02 Å². The van der Waals surface area contributed by atoms with Crippen LogP contribution < -0.4 is 10.1 Å². The van der Waals surface area contributed by atoms with Gasteiger partial charge in [0.1, 0.15) is 5.75 Å². The minimum absolute atomic E-state index is 0.172. The van der Waals surface area contributed by atoms with Crippen molar-refractivity contribution < 1.29 is 4.74 Å². The lowest BCUT2D eigenvalue weighted by Gasteiger charge is -2.19. The van der Waals surface area contributed by atoms with Gasteiger partial charge in [-0.2, -0.15) is 0 Å².